The first-order valence-corrected chi connectivity index (χ1v) is 6.75. The zero-order chi connectivity index (χ0) is 12.7. The van der Waals surface area contributed by atoms with Gasteiger partial charge in [-0.2, -0.15) is 0 Å². The minimum atomic E-state index is 0.00970. The number of rotatable bonds is 6. The molecular weight excluding hydrogens is 280 g/mol. The van der Waals surface area contributed by atoms with Gasteiger partial charge in [0, 0.05) is 10.2 Å². The number of carbonyl (C=O) groups excluding carboxylic acids is 1. The number of amides is 1. The molecule has 0 atom stereocenters. The lowest BCUT2D eigenvalue weighted by Gasteiger charge is -2.10. The van der Waals surface area contributed by atoms with Crippen LogP contribution >= 0.6 is 15.9 Å². The van der Waals surface area contributed by atoms with Gasteiger partial charge < -0.3 is 10.6 Å². The Morgan fingerprint density at radius 2 is 2.12 bits per heavy atom. The molecule has 1 amide bonds. The molecule has 0 heterocycles. The largest absolute Gasteiger partial charge is 0.325 e. The molecule has 1 rings (SSSR count). The fraction of sp³-hybridized carbons (Fsp3) is 0.462. The van der Waals surface area contributed by atoms with Crippen molar-refractivity contribution in [2.45, 2.75) is 26.7 Å². The first-order chi connectivity index (χ1) is 8.17. The van der Waals surface area contributed by atoms with Crippen molar-refractivity contribution in [3.63, 3.8) is 0 Å². The molecule has 0 unspecified atom stereocenters. The van der Waals surface area contributed by atoms with Gasteiger partial charge in [0.2, 0.25) is 5.91 Å². The lowest BCUT2D eigenvalue weighted by atomic mass is 10.1. The molecule has 17 heavy (non-hydrogen) atoms. The minimum absolute atomic E-state index is 0.00970. The average molecular weight is 299 g/mol. The second-order valence-corrected chi connectivity index (χ2v) is 4.80. The van der Waals surface area contributed by atoms with Gasteiger partial charge in [-0.1, -0.05) is 29.8 Å². The number of carbonyl (C=O) groups is 1. The Morgan fingerprint density at radius 1 is 1.35 bits per heavy atom. The van der Waals surface area contributed by atoms with Crippen molar-refractivity contribution in [2.24, 2.45) is 0 Å². The van der Waals surface area contributed by atoms with Crippen LogP contribution in [-0.4, -0.2) is 19.0 Å². The highest BCUT2D eigenvalue weighted by molar-refractivity contribution is 9.10. The van der Waals surface area contributed by atoms with E-state index in [1.165, 1.54) is 0 Å². The van der Waals surface area contributed by atoms with E-state index in [-0.39, 0.29) is 5.91 Å². The number of hydrogen-bond donors (Lipinski definition) is 2. The third-order valence-corrected chi connectivity index (χ3v) is 2.93. The zero-order valence-corrected chi connectivity index (χ0v) is 11.9. The Morgan fingerprint density at radius 3 is 2.76 bits per heavy atom. The summed E-state index contributed by atoms with van der Waals surface area (Å²) in [7, 11) is 0. The molecule has 0 aliphatic rings. The van der Waals surface area contributed by atoms with Gasteiger partial charge in [0.05, 0.1) is 6.54 Å². The van der Waals surface area contributed by atoms with Gasteiger partial charge in [0.1, 0.15) is 0 Å². The van der Waals surface area contributed by atoms with Gasteiger partial charge in [0.15, 0.2) is 0 Å². The smallest absolute Gasteiger partial charge is 0.238 e. The van der Waals surface area contributed by atoms with E-state index in [0.717, 1.165) is 35.1 Å². The predicted octanol–water partition coefficient (Wildman–Crippen LogP) is 2.95. The van der Waals surface area contributed by atoms with E-state index in [1.807, 2.05) is 18.2 Å². The lowest BCUT2D eigenvalue weighted by molar-refractivity contribution is -0.115. The standard InChI is InChI=1S/C13H19BrN2O/c1-3-7-15-9-13(17)16-12-6-5-11(14)8-10(12)4-2/h5-6,8,15H,3-4,7,9H2,1-2H3,(H,16,17). The van der Waals surface area contributed by atoms with Crippen LogP contribution in [0.5, 0.6) is 0 Å². The number of anilines is 1. The first-order valence-electron chi connectivity index (χ1n) is 5.96. The molecule has 1 aromatic carbocycles. The van der Waals surface area contributed by atoms with Gasteiger partial charge >= 0.3 is 0 Å². The fourth-order valence-corrected chi connectivity index (χ4v) is 1.96. The van der Waals surface area contributed by atoms with Crippen LogP contribution in [-0.2, 0) is 11.2 Å². The number of aryl methyl sites for hydroxylation is 1. The maximum absolute atomic E-state index is 11.7. The van der Waals surface area contributed by atoms with Crippen LogP contribution in [0.15, 0.2) is 22.7 Å². The molecule has 0 spiro atoms. The van der Waals surface area contributed by atoms with E-state index in [9.17, 15) is 4.79 Å². The van der Waals surface area contributed by atoms with Gasteiger partial charge in [-0.3, -0.25) is 4.79 Å². The molecule has 0 aliphatic carbocycles. The van der Waals surface area contributed by atoms with Crippen molar-refractivity contribution in [3.8, 4) is 0 Å². The maximum Gasteiger partial charge on any atom is 0.238 e. The Kier molecular flexibility index (Phi) is 6.22. The van der Waals surface area contributed by atoms with E-state index in [2.05, 4.69) is 40.4 Å². The van der Waals surface area contributed by atoms with Gasteiger partial charge in [-0.25, -0.2) is 0 Å². The molecule has 0 saturated carbocycles. The highest BCUT2D eigenvalue weighted by atomic mass is 79.9. The zero-order valence-electron chi connectivity index (χ0n) is 10.3. The van der Waals surface area contributed by atoms with Crippen LogP contribution in [0, 0.1) is 0 Å². The van der Waals surface area contributed by atoms with Crippen molar-refractivity contribution in [1.82, 2.24) is 5.32 Å². The summed E-state index contributed by atoms with van der Waals surface area (Å²) in [4.78, 5) is 11.7. The molecular formula is C13H19BrN2O. The van der Waals surface area contributed by atoms with Crippen LogP contribution in [0.1, 0.15) is 25.8 Å². The highest BCUT2D eigenvalue weighted by Gasteiger charge is 2.05. The SMILES string of the molecule is CCCNCC(=O)Nc1ccc(Br)cc1CC. The van der Waals surface area contributed by atoms with Gasteiger partial charge in [-0.15, -0.1) is 0 Å². The van der Waals surface area contributed by atoms with E-state index >= 15 is 0 Å². The number of nitrogens with one attached hydrogen (secondary N) is 2. The number of benzene rings is 1. The predicted molar refractivity (Wildman–Crippen MR) is 75.3 cm³/mol. The Bertz CT molecular complexity index is 380. The summed E-state index contributed by atoms with van der Waals surface area (Å²) < 4.78 is 1.04. The minimum Gasteiger partial charge on any atom is -0.325 e. The molecule has 0 aromatic heterocycles. The second kappa shape index (κ2) is 7.45. The summed E-state index contributed by atoms with van der Waals surface area (Å²) >= 11 is 3.43. The topological polar surface area (TPSA) is 41.1 Å². The third-order valence-electron chi connectivity index (χ3n) is 2.43. The monoisotopic (exact) mass is 298 g/mol. The molecule has 0 bridgehead atoms. The number of halogens is 1. The van der Waals surface area contributed by atoms with Gasteiger partial charge in [0.25, 0.3) is 0 Å². The van der Waals surface area contributed by atoms with Crippen molar-refractivity contribution in [2.75, 3.05) is 18.4 Å². The van der Waals surface area contributed by atoms with Crippen LogP contribution in [0.2, 0.25) is 0 Å². The average Bonchev–Trinajstić information content (AvgIpc) is 2.32. The van der Waals surface area contributed by atoms with Crippen molar-refractivity contribution in [3.05, 3.63) is 28.2 Å². The Hall–Kier alpha value is -0.870. The van der Waals surface area contributed by atoms with E-state index in [0.29, 0.717) is 6.54 Å². The highest BCUT2D eigenvalue weighted by Crippen LogP contribution is 2.21. The van der Waals surface area contributed by atoms with Crippen LogP contribution < -0.4 is 10.6 Å². The number of hydrogen-bond acceptors (Lipinski definition) is 2. The lowest BCUT2D eigenvalue weighted by Crippen LogP contribution is -2.28. The summed E-state index contributed by atoms with van der Waals surface area (Å²) in [5.41, 5.74) is 2.04. The summed E-state index contributed by atoms with van der Waals surface area (Å²) in [6.07, 6.45) is 1.93. The third kappa shape index (κ3) is 4.88. The van der Waals surface area contributed by atoms with Gasteiger partial charge in [-0.05, 0) is 43.1 Å². The summed E-state index contributed by atoms with van der Waals surface area (Å²) in [5.74, 6) is 0.00970. The molecule has 4 heteroatoms. The van der Waals surface area contributed by atoms with Crippen LogP contribution in [0.3, 0.4) is 0 Å². The fourth-order valence-electron chi connectivity index (χ4n) is 1.55. The molecule has 0 aliphatic heterocycles. The molecule has 94 valence electrons. The molecule has 3 nitrogen and oxygen atoms in total. The summed E-state index contributed by atoms with van der Waals surface area (Å²) in [5, 5.41) is 6.01. The maximum atomic E-state index is 11.7. The molecule has 0 fully saturated rings. The quantitative estimate of drug-likeness (QED) is 0.793. The van der Waals surface area contributed by atoms with Crippen molar-refractivity contribution in [1.29, 1.82) is 0 Å². The van der Waals surface area contributed by atoms with Crippen LogP contribution in [0.25, 0.3) is 0 Å². The normalized spacial score (nSPS) is 10.3. The second-order valence-electron chi connectivity index (χ2n) is 3.88. The molecule has 0 radical (unpaired) electrons. The Labute approximate surface area is 111 Å². The van der Waals surface area contributed by atoms with Crippen molar-refractivity contribution < 1.29 is 4.79 Å². The van der Waals surface area contributed by atoms with E-state index in [1.54, 1.807) is 0 Å². The summed E-state index contributed by atoms with van der Waals surface area (Å²) in [6.45, 7) is 5.39. The van der Waals surface area contributed by atoms with Crippen molar-refractivity contribution >= 4 is 27.5 Å². The van der Waals surface area contributed by atoms with Crippen LogP contribution in [0.4, 0.5) is 5.69 Å². The van der Waals surface area contributed by atoms with E-state index in [4.69, 9.17) is 0 Å². The molecule has 2 N–H and O–H groups in total. The first kappa shape index (κ1) is 14.2. The Balaban J connectivity index is 2.58. The molecule has 1 aromatic rings. The molecule has 0 saturated heterocycles. The van der Waals surface area contributed by atoms with E-state index < -0.39 is 0 Å². The summed E-state index contributed by atoms with van der Waals surface area (Å²) in [6, 6.07) is 5.91.